The zero-order chi connectivity index (χ0) is 13.9. The number of imide groups is 1. The smallest absolute Gasteiger partial charge is 0.238 e. The molecule has 0 spiro atoms. The summed E-state index contributed by atoms with van der Waals surface area (Å²) in [4.78, 5) is 26.4. The van der Waals surface area contributed by atoms with E-state index in [0.717, 1.165) is 6.42 Å². The number of carbonyl (C=O) groups is 2. The number of fused-ring (bicyclic) bond motifs is 5. The number of benzene rings is 1. The molecular formula is C16H12N2O2. The molecule has 3 aliphatic rings. The van der Waals surface area contributed by atoms with Crippen LogP contribution in [0.3, 0.4) is 0 Å². The Morgan fingerprint density at radius 3 is 2.05 bits per heavy atom. The molecule has 0 unspecified atom stereocenters. The summed E-state index contributed by atoms with van der Waals surface area (Å²) in [6, 6.07) is 8.65. The van der Waals surface area contributed by atoms with Crippen LogP contribution in [0.1, 0.15) is 12.0 Å². The maximum atomic E-state index is 12.5. The van der Waals surface area contributed by atoms with Gasteiger partial charge in [-0.15, -0.1) is 0 Å². The molecule has 20 heavy (non-hydrogen) atoms. The van der Waals surface area contributed by atoms with Crippen LogP contribution >= 0.6 is 0 Å². The van der Waals surface area contributed by atoms with Gasteiger partial charge in [-0.3, -0.25) is 14.5 Å². The van der Waals surface area contributed by atoms with E-state index in [1.807, 2.05) is 6.07 Å². The molecule has 0 aromatic heterocycles. The molecule has 98 valence electrons. The van der Waals surface area contributed by atoms with Crippen LogP contribution in [0, 0.1) is 35.0 Å². The fraction of sp³-hybridized carbons (Fsp3) is 0.312. The van der Waals surface area contributed by atoms with Gasteiger partial charge in [0.15, 0.2) is 0 Å². The van der Waals surface area contributed by atoms with Gasteiger partial charge in [-0.1, -0.05) is 12.2 Å². The van der Waals surface area contributed by atoms with E-state index in [-0.39, 0.29) is 35.5 Å². The molecule has 4 atom stereocenters. The van der Waals surface area contributed by atoms with Crippen molar-refractivity contribution in [3.63, 3.8) is 0 Å². The van der Waals surface area contributed by atoms with Crippen molar-refractivity contribution >= 4 is 17.5 Å². The second-order valence-electron chi connectivity index (χ2n) is 5.67. The minimum Gasteiger partial charge on any atom is -0.274 e. The molecule has 4 heteroatoms. The zero-order valence-electron chi connectivity index (χ0n) is 10.7. The number of rotatable bonds is 1. The average molecular weight is 264 g/mol. The highest BCUT2D eigenvalue weighted by atomic mass is 16.2. The van der Waals surface area contributed by atoms with Gasteiger partial charge >= 0.3 is 0 Å². The Morgan fingerprint density at radius 2 is 1.55 bits per heavy atom. The Hall–Kier alpha value is -2.41. The number of carbonyl (C=O) groups excluding carboxylic acids is 2. The third-order valence-electron chi connectivity index (χ3n) is 4.72. The van der Waals surface area contributed by atoms with Crippen LogP contribution in [0.25, 0.3) is 0 Å². The van der Waals surface area contributed by atoms with E-state index in [1.54, 1.807) is 24.3 Å². The maximum Gasteiger partial charge on any atom is 0.238 e. The molecule has 0 radical (unpaired) electrons. The van der Waals surface area contributed by atoms with Crippen LogP contribution in [0.2, 0.25) is 0 Å². The van der Waals surface area contributed by atoms with Gasteiger partial charge < -0.3 is 0 Å². The van der Waals surface area contributed by atoms with E-state index < -0.39 is 0 Å². The number of nitrogens with zero attached hydrogens (tertiary/aromatic N) is 2. The van der Waals surface area contributed by atoms with E-state index in [2.05, 4.69) is 12.2 Å². The van der Waals surface area contributed by atoms with Crippen molar-refractivity contribution in [1.82, 2.24) is 0 Å². The van der Waals surface area contributed by atoms with Crippen molar-refractivity contribution in [1.29, 1.82) is 5.26 Å². The molecule has 1 saturated heterocycles. The summed E-state index contributed by atoms with van der Waals surface area (Å²) in [5.74, 6) is -0.0564. The lowest BCUT2D eigenvalue weighted by Gasteiger charge is -2.17. The molecule has 4 nitrogen and oxygen atoms in total. The Kier molecular flexibility index (Phi) is 2.17. The van der Waals surface area contributed by atoms with Crippen molar-refractivity contribution in [2.45, 2.75) is 6.42 Å². The fourth-order valence-corrected chi connectivity index (χ4v) is 3.84. The molecule has 1 aromatic carbocycles. The highest BCUT2D eigenvalue weighted by Crippen LogP contribution is 2.53. The fourth-order valence-electron chi connectivity index (χ4n) is 3.84. The summed E-state index contributed by atoms with van der Waals surface area (Å²) in [6.07, 6.45) is 5.10. The molecule has 4 rings (SSSR count). The van der Waals surface area contributed by atoms with Gasteiger partial charge in [-0.05, 0) is 42.5 Å². The molecule has 1 heterocycles. The number of hydrogen-bond acceptors (Lipinski definition) is 3. The van der Waals surface area contributed by atoms with Crippen molar-refractivity contribution in [2.24, 2.45) is 23.7 Å². The Balaban J connectivity index is 1.72. The number of hydrogen-bond donors (Lipinski definition) is 0. The molecule has 2 aliphatic carbocycles. The minimum absolute atomic E-state index is 0.0819. The quantitative estimate of drug-likeness (QED) is 0.574. The highest BCUT2D eigenvalue weighted by molar-refractivity contribution is 6.22. The minimum atomic E-state index is -0.173. The molecular weight excluding hydrogens is 252 g/mol. The summed E-state index contributed by atoms with van der Waals surface area (Å²) in [5, 5.41) is 8.80. The lowest BCUT2D eigenvalue weighted by molar-refractivity contribution is -0.123. The normalized spacial score (nSPS) is 33.6. The number of anilines is 1. The predicted octanol–water partition coefficient (Wildman–Crippen LogP) is 1.87. The average Bonchev–Trinajstić information content (AvgIpc) is 3.14. The molecule has 2 fully saturated rings. The first-order valence-corrected chi connectivity index (χ1v) is 6.77. The largest absolute Gasteiger partial charge is 0.274 e. The van der Waals surface area contributed by atoms with Crippen LogP contribution in [0.15, 0.2) is 36.4 Å². The Morgan fingerprint density at radius 1 is 1.00 bits per heavy atom. The van der Waals surface area contributed by atoms with Crippen molar-refractivity contribution in [3.05, 3.63) is 42.0 Å². The molecule has 2 bridgehead atoms. The number of nitriles is 1. The van der Waals surface area contributed by atoms with Crippen LogP contribution in [-0.2, 0) is 9.59 Å². The van der Waals surface area contributed by atoms with Crippen molar-refractivity contribution < 1.29 is 9.59 Å². The SMILES string of the molecule is N#Cc1ccc(N2C(=O)[C@@H]3[C@@H](C2=O)[C@H]2C=C[C@H]3C2)cc1. The van der Waals surface area contributed by atoms with E-state index in [0.29, 0.717) is 11.3 Å². The van der Waals surface area contributed by atoms with Gasteiger partial charge in [0, 0.05) is 0 Å². The van der Waals surface area contributed by atoms with Crippen LogP contribution in [0.5, 0.6) is 0 Å². The number of allylic oxidation sites excluding steroid dienone is 2. The molecule has 1 aliphatic heterocycles. The van der Waals surface area contributed by atoms with Crippen LogP contribution in [0.4, 0.5) is 5.69 Å². The van der Waals surface area contributed by atoms with Crippen LogP contribution in [-0.4, -0.2) is 11.8 Å². The summed E-state index contributed by atoms with van der Waals surface area (Å²) >= 11 is 0. The van der Waals surface area contributed by atoms with E-state index in [1.165, 1.54) is 4.90 Å². The summed E-state index contributed by atoms with van der Waals surface area (Å²) in [5.41, 5.74) is 1.10. The van der Waals surface area contributed by atoms with E-state index in [9.17, 15) is 9.59 Å². The first-order valence-electron chi connectivity index (χ1n) is 6.77. The second-order valence-corrected chi connectivity index (χ2v) is 5.67. The van der Waals surface area contributed by atoms with E-state index >= 15 is 0 Å². The lowest BCUT2D eigenvalue weighted by atomic mass is 9.85. The Bertz CT molecular complexity index is 653. The summed E-state index contributed by atoms with van der Waals surface area (Å²) in [6.45, 7) is 0. The van der Waals surface area contributed by atoms with Crippen LogP contribution < -0.4 is 4.90 Å². The lowest BCUT2D eigenvalue weighted by Crippen LogP contribution is -2.32. The zero-order valence-corrected chi connectivity index (χ0v) is 10.7. The monoisotopic (exact) mass is 264 g/mol. The summed E-state index contributed by atoms with van der Waals surface area (Å²) in [7, 11) is 0. The van der Waals surface area contributed by atoms with Gasteiger partial charge in [0.2, 0.25) is 11.8 Å². The standard InChI is InChI=1S/C16H12N2O2/c17-8-9-1-5-12(6-2-9)18-15(19)13-10-3-4-11(7-10)14(13)16(18)20/h1-6,10-11,13-14H,7H2/t10-,11-,13-,14-/m0/s1. The first-order chi connectivity index (χ1) is 9.70. The van der Waals surface area contributed by atoms with Crippen molar-refractivity contribution in [3.8, 4) is 6.07 Å². The first kappa shape index (κ1) is 11.4. The third-order valence-corrected chi connectivity index (χ3v) is 4.72. The van der Waals surface area contributed by atoms with Gasteiger partial charge in [0.05, 0.1) is 29.2 Å². The maximum absolute atomic E-state index is 12.5. The van der Waals surface area contributed by atoms with Gasteiger partial charge in [0.1, 0.15) is 0 Å². The predicted molar refractivity (Wildman–Crippen MR) is 71.4 cm³/mol. The topological polar surface area (TPSA) is 61.2 Å². The highest BCUT2D eigenvalue weighted by Gasteiger charge is 2.59. The second kappa shape index (κ2) is 3.80. The Labute approximate surface area is 116 Å². The molecule has 1 saturated carbocycles. The van der Waals surface area contributed by atoms with Gasteiger partial charge in [0.25, 0.3) is 0 Å². The van der Waals surface area contributed by atoms with Gasteiger partial charge in [-0.2, -0.15) is 5.26 Å². The molecule has 2 amide bonds. The molecule has 0 N–H and O–H groups in total. The third kappa shape index (κ3) is 1.30. The number of amides is 2. The molecule has 1 aromatic rings. The van der Waals surface area contributed by atoms with Gasteiger partial charge in [-0.25, -0.2) is 0 Å². The summed E-state index contributed by atoms with van der Waals surface area (Å²) < 4.78 is 0. The van der Waals surface area contributed by atoms with E-state index in [4.69, 9.17) is 5.26 Å². The van der Waals surface area contributed by atoms with Crippen molar-refractivity contribution in [2.75, 3.05) is 4.90 Å².